The van der Waals surface area contributed by atoms with Gasteiger partial charge in [-0.2, -0.15) is 0 Å². The van der Waals surface area contributed by atoms with Gasteiger partial charge in [-0.15, -0.1) is 0 Å². The van der Waals surface area contributed by atoms with Crippen LogP contribution in [0.25, 0.3) is 0 Å². The van der Waals surface area contributed by atoms with Gasteiger partial charge in [0.1, 0.15) is 5.15 Å². The minimum Gasteiger partial charge on any atom is -0.479 e. The molecule has 6 nitrogen and oxygen atoms in total. The van der Waals surface area contributed by atoms with E-state index in [0.29, 0.717) is 0 Å². The fraction of sp³-hybridized carbons (Fsp3) is 0.125. The highest BCUT2D eigenvalue weighted by atomic mass is 35.5. The van der Waals surface area contributed by atoms with Crippen molar-refractivity contribution < 1.29 is 19.5 Å². The minimum absolute atomic E-state index is 0.0482. The van der Waals surface area contributed by atoms with E-state index in [1.165, 1.54) is 12.3 Å². The van der Waals surface area contributed by atoms with Crippen molar-refractivity contribution in [2.45, 2.75) is 0 Å². The summed E-state index contributed by atoms with van der Waals surface area (Å²) in [5.41, 5.74) is 1.96. The number of nitrogens with zero attached hydrogens (tertiary/aromatic N) is 1. The largest absolute Gasteiger partial charge is 0.479 e. The highest BCUT2D eigenvalue weighted by Crippen LogP contribution is 2.17. The molecular weight excluding hydrogens is 259 g/mol. The molecule has 1 heterocycles. The Morgan fingerprint density at radius 1 is 1.50 bits per heavy atom. The van der Waals surface area contributed by atoms with Gasteiger partial charge in [0, 0.05) is 6.20 Å². The first-order valence-electron chi connectivity index (χ1n) is 3.95. The van der Waals surface area contributed by atoms with Crippen LogP contribution in [0, 0.1) is 0 Å². The molecule has 0 unspecified atom stereocenters. The molecule has 0 bridgehead atoms. The number of amides is 1. The van der Waals surface area contributed by atoms with Gasteiger partial charge in [0.2, 0.25) is 0 Å². The van der Waals surface area contributed by atoms with Crippen molar-refractivity contribution >= 4 is 35.1 Å². The summed E-state index contributed by atoms with van der Waals surface area (Å²) in [6.45, 7) is -0.651. The molecule has 0 saturated carbocycles. The predicted molar refractivity (Wildman–Crippen MR) is 55.3 cm³/mol. The molecule has 0 radical (unpaired) electrons. The van der Waals surface area contributed by atoms with Crippen LogP contribution in [0.4, 0.5) is 0 Å². The number of rotatable bonds is 4. The second kappa shape index (κ2) is 5.64. The standard InChI is InChI=1S/C8H6Cl2N2O4/c9-5-2-11-6(10)1-4(5)8(15)12-16-3-7(13)14/h1-2H,3H2,(H,12,15)(H,13,14). The van der Waals surface area contributed by atoms with Crippen molar-refractivity contribution in [2.75, 3.05) is 6.61 Å². The average Bonchev–Trinajstić information content (AvgIpc) is 2.21. The Labute approximate surface area is 100 Å². The van der Waals surface area contributed by atoms with E-state index in [1.807, 2.05) is 5.48 Å². The van der Waals surface area contributed by atoms with Crippen molar-refractivity contribution in [2.24, 2.45) is 0 Å². The smallest absolute Gasteiger partial charge is 0.332 e. The summed E-state index contributed by atoms with van der Waals surface area (Å²) >= 11 is 11.2. The number of aromatic nitrogens is 1. The molecule has 0 aliphatic carbocycles. The van der Waals surface area contributed by atoms with E-state index in [4.69, 9.17) is 28.3 Å². The van der Waals surface area contributed by atoms with Gasteiger partial charge in [-0.1, -0.05) is 23.2 Å². The minimum atomic E-state index is -1.21. The zero-order valence-electron chi connectivity index (χ0n) is 7.74. The van der Waals surface area contributed by atoms with E-state index in [2.05, 4.69) is 9.82 Å². The Bertz CT molecular complexity index is 424. The van der Waals surface area contributed by atoms with Crippen LogP contribution in [-0.2, 0) is 9.63 Å². The van der Waals surface area contributed by atoms with Crippen LogP contribution >= 0.6 is 23.2 Å². The Kier molecular flexibility index (Phi) is 4.48. The van der Waals surface area contributed by atoms with Gasteiger partial charge in [-0.3, -0.25) is 9.63 Å². The number of aliphatic carboxylic acids is 1. The molecule has 0 aromatic carbocycles. The SMILES string of the molecule is O=C(O)CONC(=O)c1cc(Cl)ncc1Cl. The average molecular weight is 265 g/mol. The lowest BCUT2D eigenvalue weighted by molar-refractivity contribution is -0.144. The van der Waals surface area contributed by atoms with Crippen LogP contribution in [0.2, 0.25) is 10.2 Å². The molecule has 0 saturated heterocycles. The molecule has 1 aromatic rings. The zero-order valence-corrected chi connectivity index (χ0v) is 9.25. The molecule has 8 heteroatoms. The number of halogens is 2. The molecule has 1 aromatic heterocycles. The Morgan fingerprint density at radius 2 is 2.19 bits per heavy atom. The molecule has 0 spiro atoms. The van der Waals surface area contributed by atoms with E-state index in [0.717, 1.165) is 0 Å². The number of carbonyl (C=O) groups excluding carboxylic acids is 1. The van der Waals surface area contributed by atoms with Crippen molar-refractivity contribution in [1.82, 2.24) is 10.5 Å². The van der Waals surface area contributed by atoms with E-state index in [9.17, 15) is 9.59 Å². The number of carboxylic acids is 1. The maximum absolute atomic E-state index is 11.4. The summed E-state index contributed by atoms with van der Waals surface area (Å²) in [4.78, 5) is 29.5. The van der Waals surface area contributed by atoms with E-state index in [-0.39, 0.29) is 15.7 Å². The van der Waals surface area contributed by atoms with Crippen LogP contribution in [0.1, 0.15) is 10.4 Å². The highest BCUT2D eigenvalue weighted by Gasteiger charge is 2.12. The van der Waals surface area contributed by atoms with Crippen molar-refractivity contribution in [1.29, 1.82) is 0 Å². The summed E-state index contributed by atoms with van der Waals surface area (Å²) in [7, 11) is 0. The highest BCUT2D eigenvalue weighted by molar-refractivity contribution is 6.35. The third-order valence-electron chi connectivity index (χ3n) is 1.43. The van der Waals surface area contributed by atoms with Gasteiger partial charge in [0.05, 0.1) is 10.6 Å². The molecule has 2 N–H and O–H groups in total. The van der Waals surface area contributed by atoms with E-state index < -0.39 is 18.5 Å². The first kappa shape index (κ1) is 12.7. The number of nitrogens with one attached hydrogen (secondary N) is 1. The number of hydroxylamine groups is 1. The second-order valence-electron chi connectivity index (χ2n) is 2.60. The van der Waals surface area contributed by atoms with Gasteiger partial charge in [-0.25, -0.2) is 15.3 Å². The molecule has 0 atom stereocenters. The van der Waals surface area contributed by atoms with Crippen molar-refractivity contribution in [3.05, 3.63) is 28.0 Å². The lowest BCUT2D eigenvalue weighted by Gasteiger charge is -2.05. The monoisotopic (exact) mass is 264 g/mol. The summed E-state index contributed by atoms with van der Waals surface area (Å²) in [6.07, 6.45) is 1.20. The molecule has 1 amide bonds. The summed E-state index contributed by atoms with van der Waals surface area (Å²) in [6, 6.07) is 1.24. The molecular formula is C8H6Cl2N2O4. The molecule has 86 valence electrons. The van der Waals surface area contributed by atoms with Crippen molar-refractivity contribution in [3.63, 3.8) is 0 Å². The van der Waals surface area contributed by atoms with Gasteiger partial charge in [-0.05, 0) is 6.07 Å². The normalized spacial score (nSPS) is 9.88. The lowest BCUT2D eigenvalue weighted by atomic mass is 10.2. The zero-order chi connectivity index (χ0) is 12.1. The Balaban J connectivity index is 2.65. The fourth-order valence-electron chi connectivity index (χ4n) is 0.806. The van der Waals surface area contributed by atoms with Crippen LogP contribution in [0.5, 0.6) is 0 Å². The number of carbonyl (C=O) groups is 2. The maximum Gasteiger partial charge on any atom is 0.332 e. The van der Waals surface area contributed by atoms with E-state index in [1.54, 1.807) is 0 Å². The maximum atomic E-state index is 11.4. The quantitative estimate of drug-likeness (QED) is 0.629. The number of pyridine rings is 1. The fourth-order valence-corrected chi connectivity index (χ4v) is 1.15. The molecule has 0 fully saturated rings. The second-order valence-corrected chi connectivity index (χ2v) is 3.39. The Morgan fingerprint density at radius 3 is 2.81 bits per heavy atom. The van der Waals surface area contributed by atoms with Crippen LogP contribution in [0.15, 0.2) is 12.3 Å². The van der Waals surface area contributed by atoms with Gasteiger partial charge >= 0.3 is 5.97 Å². The first-order valence-corrected chi connectivity index (χ1v) is 4.71. The van der Waals surface area contributed by atoms with Gasteiger partial charge < -0.3 is 5.11 Å². The first-order chi connectivity index (χ1) is 7.50. The van der Waals surface area contributed by atoms with Crippen LogP contribution in [0.3, 0.4) is 0 Å². The predicted octanol–water partition coefficient (Wildman–Crippen LogP) is 1.13. The Hall–Kier alpha value is -1.37. The number of carboxylic acid groups (broad SMARTS) is 1. The summed E-state index contributed by atoms with van der Waals surface area (Å²) in [5, 5.41) is 8.44. The summed E-state index contributed by atoms with van der Waals surface area (Å²) in [5.74, 6) is -1.91. The molecule has 1 rings (SSSR count). The molecule has 16 heavy (non-hydrogen) atoms. The van der Waals surface area contributed by atoms with Gasteiger partial charge in [0.15, 0.2) is 6.61 Å². The number of hydrogen-bond acceptors (Lipinski definition) is 4. The lowest BCUT2D eigenvalue weighted by Crippen LogP contribution is -2.26. The molecule has 0 aliphatic heterocycles. The van der Waals surface area contributed by atoms with Crippen LogP contribution in [-0.4, -0.2) is 28.6 Å². The third kappa shape index (κ3) is 3.65. The summed E-state index contributed by atoms with van der Waals surface area (Å²) < 4.78 is 0. The van der Waals surface area contributed by atoms with Gasteiger partial charge in [0.25, 0.3) is 5.91 Å². The topological polar surface area (TPSA) is 88.5 Å². The molecule has 0 aliphatic rings. The number of hydrogen-bond donors (Lipinski definition) is 2. The van der Waals surface area contributed by atoms with E-state index >= 15 is 0 Å². The van der Waals surface area contributed by atoms with Crippen molar-refractivity contribution in [3.8, 4) is 0 Å². The third-order valence-corrected chi connectivity index (χ3v) is 1.93. The van der Waals surface area contributed by atoms with Crippen LogP contribution < -0.4 is 5.48 Å².